The van der Waals surface area contributed by atoms with Crippen LogP contribution in [0.2, 0.25) is 0 Å². The first-order chi connectivity index (χ1) is 14.1. The summed E-state index contributed by atoms with van der Waals surface area (Å²) in [5, 5.41) is 4.95. The van der Waals surface area contributed by atoms with E-state index in [9.17, 15) is 4.39 Å². The Morgan fingerprint density at radius 2 is 1.90 bits per heavy atom. The topological polar surface area (TPSA) is 82.3 Å². The van der Waals surface area contributed by atoms with Crippen molar-refractivity contribution in [3.63, 3.8) is 0 Å². The number of halogens is 1. The normalized spacial score (nSPS) is 12.3. The first kappa shape index (κ1) is 17.2. The summed E-state index contributed by atoms with van der Waals surface area (Å²) in [5.41, 5.74) is 9.29. The number of rotatable bonds is 3. The van der Waals surface area contributed by atoms with Gasteiger partial charge >= 0.3 is 0 Å². The van der Waals surface area contributed by atoms with Crippen LogP contribution in [0.15, 0.2) is 54.7 Å². The minimum absolute atomic E-state index is 0.0812. The summed E-state index contributed by atoms with van der Waals surface area (Å²) < 4.78 is 25.1. The molecule has 7 heteroatoms. The summed E-state index contributed by atoms with van der Waals surface area (Å²) >= 11 is 0. The Bertz CT molecular complexity index is 1260. The van der Waals surface area contributed by atoms with Crippen LogP contribution >= 0.6 is 0 Å². The van der Waals surface area contributed by atoms with Gasteiger partial charge in [-0.15, -0.1) is 0 Å². The number of nitrogens with one attached hydrogen (secondary N) is 1. The molecule has 0 aliphatic carbocycles. The molecular formula is C22H17FN4O2. The number of aryl methyl sites for hydroxylation is 1. The van der Waals surface area contributed by atoms with Gasteiger partial charge in [0.25, 0.3) is 0 Å². The number of fused-ring (bicyclic) bond motifs is 2. The number of nitrogen functional groups attached to an aromatic ring is 1. The molecule has 0 atom stereocenters. The van der Waals surface area contributed by atoms with Crippen LogP contribution < -0.4 is 20.5 Å². The minimum Gasteiger partial charge on any atom is -0.454 e. The Morgan fingerprint density at radius 1 is 1.03 bits per heavy atom. The maximum Gasteiger partial charge on any atom is 0.231 e. The number of ether oxygens (including phenoxy) is 2. The molecule has 0 radical (unpaired) electrons. The van der Waals surface area contributed by atoms with E-state index >= 15 is 0 Å². The Labute approximate surface area is 166 Å². The molecule has 0 saturated heterocycles. The monoisotopic (exact) mass is 388 g/mol. The third-order valence-electron chi connectivity index (χ3n) is 4.77. The third kappa shape index (κ3) is 3.16. The van der Waals surface area contributed by atoms with E-state index in [0.29, 0.717) is 34.3 Å². The van der Waals surface area contributed by atoms with Gasteiger partial charge in [-0.3, -0.25) is 0 Å². The quantitative estimate of drug-likeness (QED) is 0.491. The second kappa shape index (κ2) is 6.63. The standard InChI is InChI=1S/C22H17FN4O2/c1-12-6-13-2-4-15(9-16(13)18(24)7-12)26-22-17(23)10-25-21(27-22)14-3-5-19-20(8-14)29-11-28-19/h2-10H,11,24H2,1H3,(H,25,26,27). The molecule has 3 aromatic carbocycles. The fourth-order valence-corrected chi connectivity index (χ4v) is 3.39. The van der Waals surface area contributed by atoms with E-state index in [1.807, 2.05) is 37.3 Å². The van der Waals surface area contributed by atoms with Crippen LogP contribution in [0.5, 0.6) is 11.5 Å². The van der Waals surface area contributed by atoms with E-state index in [2.05, 4.69) is 21.4 Å². The van der Waals surface area contributed by atoms with Gasteiger partial charge in [-0.05, 0) is 54.3 Å². The zero-order chi connectivity index (χ0) is 20.0. The number of nitrogens with zero attached hydrogens (tertiary/aromatic N) is 2. The smallest absolute Gasteiger partial charge is 0.231 e. The van der Waals surface area contributed by atoms with E-state index < -0.39 is 5.82 Å². The Hall–Kier alpha value is -3.87. The summed E-state index contributed by atoms with van der Waals surface area (Å²) in [5.74, 6) is 1.19. The average Bonchev–Trinajstić information content (AvgIpc) is 3.18. The summed E-state index contributed by atoms with van der Waals surface area (Å²) in [6.45, 7) is 2.18. The summed E-state index contributed by atoms with van der Waals surface area (Å²) in [6, 6.07) is 15.0. The van der Waals surface area contributed by atoms with E-state index in [0.717, 1.165) is 22.5 Å². The highest BCUT2D eigenvalue weighted by Gasteiger charge is 2.16. The van der Waals surface area contributed by atoms with Gasteiger partial charge in [0.15, 0.2) is 29.0 Å². The van der Waals surface area contributed by atoms with Crippen molar-refractivity contribution in [3.05, 3.63) is 66.1 Å². The van der Waals surface area contributed by atoms with E-state index in [1.54, 1.807) is 12.1 Å². The molecule has 144 valence electrons. The fraction of sp³-hybridized carbons (Fsp3) is 0.0909. The maximum absolute atomic E-state index is 14.4. The van der Waals surface area contributed by atoms with Crippen molar-refractivity contribution in [2.24, 2.45) is 0 Å². The van der Waals surface area contributed by atoms with E-state index in [-0.39, 0.29) is 12.6 Å². The molecule has 3 N–H and O–H groups in total. The first-order valence-corrected chi connectivity index (χ1v) is 9.06. The van der Waals surface area contributed by atoms with Crippen LogP contribution in [0.1, 0.15) is 5.56 Å². The molecule has 6 nitrogen and oxygen atoms in total. The van der Waals surface area contributed by atoms with Gasteiger partial charge in [0.1, 0.15) is 0 Å². The molecule has 1 aliphatic heterocycles. The zero-order valence-electron chi connectivity index (χ0n) is 15.6. The molecule has 0 amide bonds. The van der Waals surface area contributed by atoms with Crippen molar-refractivity contribution < 1.29 is 13.9 Å². The van der Waals surface area contributed by atoms with Crippen molar-refractivity contribution in [2.75, 3.05) is 17.8 Å². The Balaban J connectivity index is 1.50. The van der Waals surface area contributed by atoms with E-state index in [1.165, 1.54) is 0 Å². The van der Waals surface area contributed by atoms with Gasteiger partial charge in [-0.25, -0.2) is 14.4 Å². The van der Waals surface area contributed by atoms with Crippen molar-refractivity contribution >= 4 is 28.0 Å². The highest BCUT2D eigenvalue weighted by atomic mass is 19.1. The van der Waals surface area contributed by atoms with Crippen LogP contribution in [0.25, 0.3) is 22.2 Å². The molecule has 0 bridgehead atoms. The predicted octanol–water partition coefficient (Wildman–Crippen LogP) is 4.80. The van der Waals surface area contributed by atoms with Crippen LogP contribution in [-0.2, 0) is 0 Å². The molecule has 1 aliphatic rings. The summed E-state index contributed by atoms with van der Waals surface area (Å²) in [4.78, 5) is 8.46. The molecule has 4 aromatic rings. The van der Waals surface area contributed by atoms with E-state index in [4.69, 9.17) is 15.2 Å². The number of nitrogens with two attached hydrogens (primary N) is 1. The lowest BCUT2D eigenvalue weighted by molar-refractivity contribution is 0.174. The van der Waals surface area contributed by atoms with Gasteiger partial charge in [-0.2, -0.15) is 0 Å². The minimum atomic E-state index is -0.550. The molecular weight excluding hydrogens is 371 g/mol. The highest BCUT2D eigenvalue weighted by molar-refractivity contribution is 5.96. The van der Waals surface area contributed by atoms with Crippen LogP contribution in [0.3, 0.4) is 0 Å². The number of benzene rings is 3. The molecule has 0 spiro atoms. The molecule has 0 fully saturated rings. The largest absolute Gasteiger partial charge is 0.454 e. The molecule has 0 unspecified atom stereocenters. The van der Waals surface area contributed by atoms with Crippen LogP contribution in [-0.4, -0.2) is 16.8 Å². The third-order valence-corrected chi connectivity index (χ3v) is 4.77. The predicted molar refractivity (Wildman–Crippen MR) is 110 cm³/mol. The highest BCUT2D eigenvalue weighted by Crippen LogP contribution is 2.35. The van der Waals surface area contributed by atoms with Crippen molar-refractivity contribution in [2.45, 2.75) is 6.92 Å². The first-order valence-electron chi connectivity index (χ1n) is 9.06. The Kier molecular flexibility index (Phi) is 3.94. The second-order valence-corrected chi connectivity index (χ2v) is 6.87. The van der Waals surface area contributed by atoms with Gasteiger partial charge in [0, 0.05) is 22.3 Å². The number of hydrogen-bond donors (Lipinski definition) is 2. The molecule has 2 heterocycles. The number of anilines is 3. The van der Waals surface area contributed by atoms with Gasteiger partial charge in [0.2, 0.25) is 6.79 Å². The molecule has 29 heavy (non-hydrogen) atoms. The van der Waals surface area contributed by atoms with Gasteiger partial charge in [0.05, 0.1) is 6.20 Å². The second-order valence-electron chi connectivity index (χ2n) is 6.87. The summed E-state index contributed by atoms with van der Waals surface area (Å²) in [6.07, 6.45) is 1.15. The van der Waals surface area contributed by atoms with Gasteiger partial charge < -0.3 is 20.5 Å². The molecule has 0 saturated carbocycles. The molecule has 5 rings (SSSR count). The average molecular weight is 388 g/mol. The number of hydrogen-bond acceptors (Lipinski definition) is 6. The number of aromatic nitrogens is 2. The lowest BCUT2D eigenvalue weighted by Gasteiger charge is -2.11. The van der Waals surface area contributed by atoms with Crippen molar-refractivity contribution in [1.29, 1.82) is 0 Å². The maximum atomic E-state index is 14.4. The van der Waals surface area contributed by atoms with Crippen LogP contribution in [0, 0.1) is 12.7 Å². The molecule has 1 aromatic heterocycles. The Morgan fingerprint density at radius 3 is 2.79 bits per heavy atom. The lowest BCUT2D eigenvalue weighted by Crippen LogP contribution is -2.01. The van der Waals surface area contributed by atoms with Crippen molar-refractivity contribution in [1.82, 2.24) is 9.97 Å². The fourth-order valence-electron chi connectivity index (χ4n) is 3.39. The SMILES string of the molecule is Cc1cc(N)c2cc(Nc3nc(-c4ccc5c(c4)OCO5)ncc3F)ccc2c1. The zero-order valence-corrected chi connectivity index (χ0v) is 15.6. The lowest BCUT2D eigenvalue weighted by atomic mass is 10.0. The summed E-state index contributed by atoms with van der Waals surface area (Å²) in [7, 11) is 0. The van der Waals surface area contributed by atoms with Gasteiger partial charge in [-0.1, -0.05) is 12.1 Å². The van der Waals surface area contributed by atoms with Crippen LogP contribution in [0.4, 0.5) is 21.6 Å². The van der Waals surface area contributed by atoms with Crippen molar-refractivity contribution in [3.8, 4) is 22.9 Å².